The smallest absolute Gasteiger partial charge is 0.363 e. The normalized spacial score (nSPS) is 11.2. The van der Waals surface area contributed by atoms with Gasteiger partial charge in [-0.3, -0.25) is 4.79 Å². The molecule has 2 rings (SSSR count). The molecule has 0 unspecified atom stereocenters. The molecule has 28 heavy (non-hydrogen) atoms. The molecule has 0 spiro atoms. The van der Waals surface area contributed by atoms with E-state index in [4.69, 9.17) is 0 Å². The lowest BCUT2D eigenvalue weighted by molar-refractivity contribution is -0.141. The molecule has 1 amide bonds. The van der Waals surface area contributed by atoms with Crippen molar-refractivity contribution in [3.63, 3.8) is 0 Å². The average molecular weight is 395 g/mol. The molecule has 0 saturated heterocycles. The van der Waals surface area contributed by atoms with Crippen LogP contribution in [-0.4, -0.2) is 48.0 Å². The maximum atomic E-state index is 13.0. The molecule has 1 aromatic heterocycles. The Balaban J connectivity index is 2.13. The highest BCUT2D eigenvalue weighted by atomic mass is 19.4. The van der Waals surface area contributed by atoms with Crippen LogP contribution in [0, 0.1) is 0 Å². The van der Waals surface area contributed by atoms with Gasteiger partial charge in [0.2, 0.25) is 5.95 Å². The van der Waals surface area contributed by atoms with Crippen molar-refractivity contribution in [3.8, 4) is 0 Å². The highest BCUT2D eigenvalue weighted by molar-refractivity contribution is 5.94. The Morgan fingerprint density at radius 1 is 1.07 bits per heavy atom. The molecule has 9 heteroatoms. The van der Waals surface area contributed by atoms with Gasteiger partial charge in [-0.25, -0.2) is 4.98 Å². The van der Waals surface area contributed by atoms with Gasteiger partial charge in [0.25, 0.3) is 5.91 Å². The Bertz CT molecular complexity index is 802. The van der Waals surface area contributed by atoms with Gasteiger partial charge in [0.05, 0.1) is 0 Å². The summed E-state index contributed by atoms with van der Waals surface area (Å²) in [6.45, 7) is 5.31. The number of halogens is 3. The maximum absolute atomic E-state index is 13.0. The van der Waals surface area contributed by atoms with Crippen LogP contribution < -0.4 is 10.2 Å². The van der Waals surface area contributed by atoms with Gasteiger partial charge in [0.1, 0.15) is 5.82 Å². The molecule has 0 aliphatic rings. The summed E-state index contributed by atoms with van der Waals surface area (Å²) in [6, 6.07) is 7.82. The number of alkyl halides is 3. The Morgan fingerprint density at radius 2 is 1.68 bits per heavy atom. The fourth-order valence-corrected chi connectivity index (χ4v) is 2.53. The number of nitrogens with zero attached hydrogens (tertiary/aromatic N) is 4. The molecule has 2 aromatic rings. The molecule has 0 saturated carbocycles. The van der Waals surface area contributed by atoms with Gasteiger partial charge in [-0.05, 0) is 31.5 Å². The van der Waals surface area contributed by atoms with E-state index in [1.165, 1.54) is 4.90 Å². The van der Waals surface area contributed by atoms with E-state index in [1.54, 1.807) is 43.3 Å². The highest BCUT2D eigenvalue weighted by Crippen LogP contribution is 2.30. The monoisotopic (exact) mass is 395 g/mol. The third-order valence-electron chi connectivity index (χ3n) is 4.16. The van der Waals surface area contributed by atoms with Crippen molar-refractivity contribution in [2.45, 2.75) is 26.6 Å². The molecule has 6 nitrogen and oxygen atoms in total. The van der Waals surface area contributed by atoms with E-state index in [1.807, 2.05) is 13.8 Å². The van der Waals surface area contributed by atoms with Crippen molar-refractivity contribution >= 4 is 17.7 Å². The third-order valence-corrected chi connectivity index (χ3v) is 4.16. The Morgan fingerprint density at radius 3 is 2.18 bits per heavy atom. The summed E-state index contributed by atoms with van der Waals surface area (Å²) < 4.78 is 39.1. The number of benzene rings is 1. The second-order valence-electron chi connectivity index (χ2n) is 6.36. The number of nitrogens with one attached hydrogen (secondary N) is 1. The van der Waals surface area contributed by atoms with Crippen LogP contribution in [0.5, 0.6) is 0 Å². The molecular formula is C19H24F3N5O. The van der Waals surface area contributed by atoms with E-state index in [9.17, 15) is 18.0 Å². The minimum atomic E-state index is -4.56. The molecule has 0 atom stereocenters. The summed E-state index contributed by atoms with van der Waals surface area (Å²) in [5, 5.41) is 2.82. The van der Waals surface area contributed by atoms with Crippen molar-refractivity contribution in [3.05, 3.63) is 47.2 Å². The maximum Gasteiger partial charge on any atom is 0.433 e. The van der Waals surface area contributed by atoms with Gasteiger partial charge in [-0.2, -0.15) is 18.2 Å². The predicted octanol–water partition coefficient (Wildman–Crippen LogP) is 3.66. The first kappa shape index (κ1) is 21.5. The standard InChI is InChI=1S/C19H24F3N5O/c1-5-27(6-2)17(28)14-9-7-13(8-10-14)12-23-18-24-15(19(20,21)22)11-16(25-18)26(3)4/h7-11H,5-6,12H2,1-4H3,(H,23,24,25). The predicted molar refractivity (Wildman–Crippen MR) is 102 cm³/mol. The number of hydrogen-bond acceptors (Lipinski definition) is 5. The van der Waals surface area contributed by atoms with Crippen LogP contribution >= 0.6 is 0 Å². The number of hydrogen-bond donors (Lipinski definition) is 1. The first-order valence-electron chi connectivity index (χ1n) is 8.91. The minimum absolute atomic E-state index is 0.0543. The molecule has 0 fully saturated rings. The molecular weight excluding hydrogens is 371 g/mol. The van der Waals surface area contributed by atoms with Crippen LogP contribution in [0.1, 0.15) is 35.5 Å². The molecule has 0 aliphatic carbocycles. The molecule has 1 N–H and O–H groups in total. The van der Waals surface area contributed by atoms with Crippen molar-refractivity contribution in [1.29, 1.82) is 0 Å². The van der Waals surface area contributed by atoms with Crippen molar-refractivity contribution in [2.24, 2.45) is 0 Å². The van der Waals surface area contributed by atoms with Gasteiger partial charge in [-0.1, -0.05) is 12.1 Å². The second kappa shape index (κ2) is 8.90. The van der Waals surface area contributed by atoms with Crippen LogP contribution in [0.4, 0.5) is 24.9 Å². The summed E-state index contributed by atoms with van der Waals surface area (Å²) in [5.74, 6) is -0.00634. The van der Waals surface area contributed by atoms with Crippen molar-refractivity contribution in [1.82, 2.24) is 14.9 Å². The quantitative estimate of drug-likeness (QED) is 0.775. The molecule has 0 aliphatic heterocycles. The van der Waals surface area contributed by atoms with E-state index in [2.05, 4.69) is 15.3 Å². The van der Waals surface area contributed by atoms with Crippen molar-refractivity contribution in [2.75, 3.05) is 37.4 Å². The molecule has 1 heterocycles. The van der Waals surface area contributed by atoms with Crippen LogP contribution in [0.3, 0.4) is 0 Å². The lowest BCUT2D eigenvalue weighted by atomic mass is 10.1. The first-order valence-corrected chi connectivity index (χ1v) is 8.91. The Hall–Kier alpha value is -2.84. The highest BCUT2D eigenvalue weighted by Gasteiger charge is 2.34. The largest absolute Gasteiger partial charge is 0.433 e. The minimum Gasteiger partial charge on any atom is -0.363 e. The van der Waals surface area contributed by atoms with Crippen LogP contribution in [0.25, 0.3) is 0 Å². The fourth-order valence-electron chi connectivity index (χ4n) is 2.53. The number of carbonyl (C=O) groups excluding carboxylic acids is 1. The number of carbonyl (C=O) groups is 1. The molecule has 0 radical (unpaired) electrons. The Kier molecular flexibility index (Phi) is 6.82. The number of anilines is 2. The van der Waals surface area contributed by atoms with E-state index in [0.717, 1.165) is 11.6 Å². The van der Waals surface area contributed by atoms with Gasteiger partial charge in [0, 0.05) is 45.4 Å². The average Bonchev–Trinajstić information content (AvgIpc) is 2.66. The molecule has 1 aromatic carbocycles. The van der Waals surface area contributed by atoms with E-state index in [0.29, 0.717) is 18.7 Å². The van der Waals surface area contributed by atoms with E-state index in [-0.39, 0.29) is 24.2 Å². The second-order valence-corrected chi connectivity index (χ2v) is 6.36. The zero-order valence-corrected chi connectivity index (χ0v) is 16.3. The van der Waals surface area contributed by atoms with E-state index < -0.39 is 11.9 Å². The number of rotatable bonds is 7. The summed E-state index contributed by atoms with van der Waals surface area (Å²) in [6.07, 6.45) is -4.56. The van der Waals surface area contributed by atoms with Crippen molar-refractivity contribution < 1.29 is 18.0 Å². The zero-order valence-electron chi connectivity index (χ0n) is 16.3. The molecule has 0 bridgehead atoms. The van der Waals surface area contributed by atoms with Gasteiger partial charge in [-0.15, -0.1) is 0 Å². The van der Waals surface area contributed by atoms with Gasteiger partial charge in [0.15, 0.2) is 5.69 Å². The van der Waals surface area contributed by atoms with Crippen LogP contribution in [-0.2, 0) is 12.7 Å². The zero-order chi connectivity index (χ0) is 20.9. The number of amides is 1. The summed E-state index contributed by atoms with van der Waals surface area (Å²) >= 11 is 0. The third kappa shape index (κ3) is 5.34. The fraction of sp³-hybridized carbons (Fsp3) is 0.421. The van der Waals surface area contributed by atoms with Gasteiger partial charge < -0.3 is 15.1 Å². The summed E-state index contributed by atoms with van der Waals surface area (Å²) in [7, 11) is 3.22. The Labute approximate surface area is 162 Å². The van der Waals surface area contributed by atoms with Crippen LogP contribution in [0.15, 0.2) is 30.3 Å². The van der Waals surface area contributed by atoms with E-state index >= 15 is 0 Å². The summed E-state index contributed by atoms with van der Waals surface area (Å²) in [4.78, 5) is 23.2. The first-order chi connectivity index (χ1) is 13.2. The summed E-state index contributed by atoms with van der Waals surface area (Å²) in [5.41, 5.74) is 0.357. The number of aromatic nitrogens is 2. The lowest BCUT2D eigenvalue weighted by Gasteiger charge is -2.18. The molecule has 152 valence electrons. The van der Waals surface area contributed by atoms with Gasteiger partial charge >= 0.3 is 6.18 Å². The lowest BCUT2D eigenvalue weighted by Crippen LogP contribution is -2.30. The van der Waals surface area contributed by atoms with Crippen LogP contribution in [0.2, 0.25) is 0 Å². The SMILES string of the molecule is CCN(CC)C(=O)c1ccc(CNc2nc(N(C)C)cc(C(F)(F)F)n2)cc1. The topological polar surface area (TPSA) is 61.4 Å².